The summed E-state index contributed by atoms with van der Waals surface area (Å²) in [5, 5.41) is 2.66. The molecule has 1 aromatic heterocycles. The Morgan fingerprint density at radius 2 is 2.21 bits per heavy atom. The largest absolute Gasteiger partial charge is 0.369 e. The highest BCUT2D eigenvalue weighted by Crippen LogP contribution is 2.22. The molecule has 1 amide bonds. The maximum Gasteiger partial charge on any atom is 0.265 e. The van der Waals surface area contributed by atoms with Crippen LogP contribution < -0.4 is 16.6 Å². The van der Waals surface area contributed by atoms with Crippen LogP contribution in [0.2, 0.25) is 0 Å². The number of aromatic nitrogens is 2. The Hall–Kier alpha value is -1.85. The van der Waals surface area contributed by atoms with Crippen LogP contribution in [0, 0.1) is 0 Å². The highest BCUT2D eigenvalue weighted by atomic mass is 16.2. The molecule has 1 aliphatic heterocycles. The van der Waals surface area contributed by atoms with Crippen molar-refractivity contribution in [2.45, 2.75) is 19.4 Å². The van der Waals surface area contributed by atoms with Crippen LogP contribution in [0.5, 0.6) is 0 Å². The molecule has 1 unspecified atom stereocenters. The van der Waals surface area contributed by atoms with Crippen molar-refractivity contribution in [1.82, 2.24) is 15.3 Å². The van der Waals surface area contributed by atoms with Gasteiger partial charge in [0.1, 0.15) is 5.56 Å². The number of rotatable bonds is 1. The molecule has 6 heteroatoms. The van der Waals surface area contributed by atoms with Gasteiger partial charge in [0.05, 0.1) is 11.7 Å². The van der Waals surface area contributed by atoms with E-state index in [-0.39, 0.29) is 23.5 Å². The third-order valence-corrected chi connectivity index (χ3v) is 2.24. The molecule has 0 fully saturated rings. The summed E-state index contributed by atoms with van der Waals surface area (Å²) in [7, 11) is 0. The van der Waals surface area contributed by atoms with Crippen LogP contribution in [0.1, 0.15) is 35.4 Å². The molecule has 2 heterocycles. The molecule has 0 saturated heterocycles. The van der Waals surface area contributed by atoms with Crippen molar-refractivity contribution in [3.05, 3.63) is 21.6 Å². The van der Waals surface area contributed by atoms with Gasteiger partial charge in [-0.25, -0.2) is 4.98 Å². The van der Waals surface area contributed by atoms with Gasteiger partial charge in [0.15, 0.2) is 0 Å². The minimum absolute atomic E-state index is 0.0451. The van der Waals surface area contributed by atoms with E-state index in [2.05, 4.69) is 15.3 Å². The molecule has 14 heavy (non-hydrogen) atoms. The number of amides is 1. The molecule has 0 bridgehead atoms. The summed E-state index contributed by atoms with van der Waals surface area (Å²) in [6.45, 7) is 1.90. The number of fused-ring (bicyclic) bond motifs is 1. The Bertz CT molecular complexity index is 451. The van der Waals surface area contributed by atoms with Gasteiger partial charge in [-0.05, 0) is 6.42 Å². The molecule has 1 aliphatic rings. The van der Waals surface area contributed by atoms with E-state index < -0.39 is 5.56 Å². The number of nitrogens with two attached hydrogens (primary N) is 1. The van der Waals surface area contributed by atoms with Gasteiger partial charge in [-0.15, -0.1) is 0 Å². The highest BCUT2D eigenvalue weighted by molar-refractivity contribution is 5.98. The highest BCUT2D eigenvalue weighted by Gasteiger charge is 2.31. The van der Waals surface area contributed by atoms with Crippen LogP contribution in [-0.2, 0) is 0 Å². The van der Waals surface area contributed by atoms with E-state index in [1.54, 1.807) is 0 Å². The van der Waals surface area contributed by atoms with Crippen LogP contribution in [0.4, 0.5) is 5.95 Å². The van der Waals surface area contributed by atoms with E-state index >= 15 is 0 Å². The Balaban J connectivity index is 2.68. The second-order valence-electron chi connectivity index (χ2n) is 3.15. The summed E-state index contributed by atoms with van der Waals surface area (Å²) in [5.74, 6) is -0.329. The lowest BCUT2D eigenvalue weighted by molar-refractivity contribution is 0.0954. The number of H-pyrrole nitrogens is 1. The SMILES string of the molecule is CCC1NC(=O)c2c1nc(N)[nH]c2=O. The average molecular weight is 194 g/mol. The number of nitrogen functional groups attached to an aromatic ring is 1. The predicted octanol–water partition coefficient (Wildman–Crippen LogP) is -0.453. The van der Waals surface area contributed by atoms with Gasteiger partial charge in [-0.2, -0.15) is 0 Å². The smallest absolute Gasteiger partial charge is 0.265 e. The zero-order chi connectivity index (χ0) is 10.3. The topological polar surface area (TPSA) is 101 Å². The van der Waals surface area contributed by atoms with Crippen molar-refractivity contribution in [3.63, 3.8) is 0 Å². The Kier molecular flexibility index (Phi) is 1.77. The summed E-state index contributed by atoms with van der Waals surface area (Å²) >= 11 is 0. The molecule has 6 nitrogen and oxygen atoms in total. The molecule has 0 saturated carbocycles. The Morgan fingerprint density at radius 1 is 1.50 bits per heavy atom. The van der Waals surface area contributed by atoms with Crippen molar-refractivity contribution in [1.29, 1.82) is 0 Å². The molecule has 2 rings (SSSR count). The van der Waals surface area contributed by atoms with Gasteiger partial charge in [-0.3, -0.25) is 14.6 Å². The third kappa shape index (κ3) is 1.07. The molecular weight excluding hydrogens is 184 g/mol. The van der Waals surface area contributed by atoms with Crippen LogP contribution >= 0.6 is 0 Å². The number of nitrogens with zero attached hydrogens (tertiary/aromatic N) is 1. The second kappa shape index (κ2) is 2.83. The molecule has 0 spiro atoms. The first kappa shape index (κ1) is 8.74. The fourth-order valence-electron chi connectivity index (χ4n) is 1.57. The van der Waals surface area contributed by atoms with Gasteiger partial charge in [0.25, 0.3) is 11.5 Å². The van der Waals surface area contributed by atoms with Crippen molar-refractivity contribution in [3.8, 4) is 0 Å². The van der Waals surface area contributed by atoms with E-state index in [9.17, 15) is 9.59 Å². The fourth-order valence-corrected chi connectivity index (χ4v) is 1.57. The minimum atomic E-state index is -0.471. The van der Waals surface area contributed by atoms with E-state index in [0.29, 0.717) is 12.1 Å². The first-order chi connectivity index (χ1) is 6.63. The van der Waals surface area contributed by atoms with Crippen LogP contribution in [0.15, 0.2) is 4.79 Å². The number of hydrogen-bond donors (Lipinski definition) is 3. The number of hydrogen-bond acceptors (Lipinski definition) is 4. The molecular formula is C8H10N4O2. The first-order valence-electron chi connectivity index (χ1n) is 4.34. The molecule has 4 N–H and O–H groups in total. The van der Waals surface area contributed by atoms with Crippen LogP contribution in [0.25, 0.3) is 0 Å². The van der Waals surface area contributed by atoms with Crippen molar-refractivity contribution in [2.75, 3.05) is 5.73 Å². The molecule has 0 aromatic carbocycles. The molecule has 1 atom stereocenters. The molecule has 0 aliphatic carbocycles. The van der Waals surface area contributed by atoms with Gasteiger partial charge in [0.2, 0.25) is 5.95 Å². The normalized spacial score (nSPS) is 19.2. The summed E-state index contributed by atoms with van der Waals surface area (Å²) in [4.78, 5) is 29.0. The Morgan fingerprint density at radius 3 is 2.86 bits per heavy atom. The third-order valence-electron chi connectivity index (χ3n) is 2.24. The maximum absolute atomic E-state index is 11.4. The molecule has 74 valence electrons. The molecule has 0 radical (unpaired) electrons. The average Bonchev–Trinajstić information content (AvgIpc) is 2.42. The molecule has 1 aromatic rings. The quantitative estimate of drug-likeness (QED) is 0.563. The number of carbonyl (C=O) groups excluding carboxylic acids is 1. The summed E-state index contributed by atoms with van der Waals surface area (Å²) < 4.78 is 0. The van der Waals surface area contributed by atoms with E-state index in [4.69, 9.17) is 5.73 Å². The van der Waals surface area contributed by atoms with E-state index in [1.165, 1.54) is 0 Å². The zero-order valence-electron chi connectivity index (χ0n) is 7.63. The number of nitrogens with one attached hydrogen (secondary N) is 2. The van der Waals surface area contributed by atoms with Crippen molar-refractivity contribution in [2.24, 2.45) is 0 Å². The summed E-state index contributed by atoms with van der Waals surface area (Å²) in [6, 6.07) is -0.193. The fraction of sp³-hybridized carbons (Fsp3) is 0.375. The van der Waals surface area contributed by atoms with Gasteiger partial charge >= 0.3 is 0 Å². The number of carbonyl (C=O) groups is 1. The van der Waals surface area contributed by atoms with Gasteiger partial charge in [0, 0.05) is 0 Å². The number of anilines is 1. The van der Waals surface area contributed by atoms with Crippen LogP contribution in [0.3, 0.4) is 0 Å². The van der Waals surface area contributed by atoms with Crippen LogP contribution in [-0.4, -0.2) is 15.9 Å². The number of aromatic amines is 1. The van der Waals surface area contributed by atoms with Gasteiger partial charge < -0.3 is 11.1 Å². The summed E-state index contributed by atoms with van der Waals surface area (Å²) in [6.07, 6.45) is 0.689. The lowest BCUT2D eigenvalue weighted by Crippen LogP contribution is -2.22. The summed E-state index contributed by atoms with van der Waals surface area (Å²) in [5.41, 5.74) is 5.46. The van der Waals surface area contributed by atoms with E-state index in [1.807, 2.05) is 6.92 Å². The van der Waals surface area contributed by atoms with Crippen molar-refractivity contribution < 1.29 is 4.79 Å². The monoisotopic (exact) mass is 194 g/mol. The lowest BCUT2D eigenvalue weighted by atomic mass is 10.1. The van der Waals surface area contributed by atoms with E-state index in [0.717, 1.165) is 0 Å². The second-order valence-corrected chi connectivity index (χ2v) is 3.15. The minimum Gasteiger partial charge on any atom is -0.369 e. The Labute approximate surface area is 79.5 Å². The lowest BCUT2D eigenvalue weighted by Gasteiger charge is -2.06. The van der Waals surface area contributed by atoms with Gasteiger partial charge in [-0.1, -0.05) is 6.92 Å². The first-order valence-corrected chi connectivity index (χ1v) is 4.34. The predicted molar refractivity (Wildman–Crippen MR) is 49.8 cm³/mol. The standard InChI is InChI=1S/C8H10N4O2/c1-2-3-5-4(6(13)10-3)7(14)12-8(9)11-5/h3H,2H2,1H3,(H,10,13)(H3,9,11,12,14). The zero-order valence-corrected chi connectivity index (χ0v) is 7.63. The van der Waals surface area contributed by atoms with Crippen molar-refractivity contribution >= 4 is 11.9 Å². The maximum atomic E-state index is 11.4.